The van der Waals surface area contributed by atoms with Gasteiger partial charge < -0.3 is 16.0 Å². The van der Waals surface area contributed by atoms with E-state index in [-0.39, 0.29) is 29.9 Å². The Hall–Kier alpha value is -1.42. The summed E-state index contributed by atoms with van der Waals surface area (Å²) in [5.41, 5.74) is 2.20. The third-order valence-corrected chi connectivity index (χ3v) is 4.34. The molecule has 1 aromatic rings. The highest BCUT2D eigenvalue weighted by atomic mass is 127. The Morgan fingerprint density at radius 1 is 1.40 bits per heavy atom. The minimum absolute atomic E-state index is 0. The van der Waals surface area contributed by atoms with Crippen LogP contribution in [-0.4, -0.2) is 61.5 Å². The van der Waals surface area contributed by atoms with Crippen LogP contribution in [0.15, 0.2) is 23.3 Å². The molecular weight excluding hydrogens is 431 g/mol. The van der Waals surface area contributed by atoms with Gasteiger partial charge in [-0.3, -0.25) is 19.7 Å². The number of piperidine rings is 1. The number of halogens is 1. The zero-order valence-electron chi connectivity index (χ0n) is 15.2. The molecule has 7 nitrogen and oxygen atoms in total. The number of nitrogens with one attached hydrogen (secondary N) is 3. The van der Waals surface area contributed by atoms with Crippen LogP contribution < -0.4 is 16.0 Å². The Balaban J connectivity index is 0.00000312. The van der Waals surface area contributed by atoms with Crippen molar-refractivity contribution in [2.45, 2.75) is 32.4 Å². The number of guanidine groups is 1. The third kappa shape index (κ3) is 7.15. The average molecular weight is 460 g/mol. The Morgan fingerprint density at radius 2 is 2.12 bits per heavy atom. The van der Waals surface area contributed by atoms with Crippen molar-refractivity contribution in [3.05, 3.63) is 29.6 Å². The maximum atomic E-state index is 11.4. The maximum absolute atomic E-state index is 11.4. The summed E-state index contributed by atoms with van der Waals surface area (Å²) in [5.74, 6) is 0.870. The molecule has 0 unspecified atom stereocenters. The highest BCUT2D eigenvalue weighted by molar-refractivity contribution is 14.0. The Kier molecular flexibility index (Phi) is 9.73. The quantitative estimate of drug-likeness (QED) is 0.346. The molecule has 0 saturated carbocycles. The molecule has 25 heavy (non-hydrogen) atoms. The molecule has 0 bridgehead atoms. The van der Waals surface area contributed by atoms with Crippen LogP contribution in [0.3, 0.4) is 0 Å². The van der Waals surface area contributed by atoms with Crippen LogP contribution in [0.5, 0.6) is 0 Å². The predicted octanol–water partition coefficient (Wildman–Crippen LogP) is 0.883. The number of pyridine rings is 1. The fraction of sp³-hybridized carbons (Fsp3) is 0.588. The summed E-state index contributed by atoms with van der Waals surface area (Å²) in [6, 6.07) is 4.38. The normalized spacial score (nSPS) is 16.0. The van der Waals surface area contributed by atoms with E-state index in [4.69, 9.17) is 0 Å². The zero-order chi connectivity index (χ0) is 17.4. The average Bonchev–Trinajstić information content (AvgIpc) is 2.61. The van der Waals surface area contributed by atoms with Gasteiger partial charge in [0.05, 0.1) is 18.8 Å². The minimum Gasteiger partial charge on any atom is -0.358 e. The van der Waals surface area contributed by atoms with E-state index in [0.29, 0.717) is 19.1 Å². The smallest absolute Gasteiger partial charge is 0.233 e. The summed E-state index contributed by atoms with van der Waals surface area (Å²) in [7, 11) is 3.46. The lowest BCUT2D eigenvalue weighted by atomic mass is 10.1. The molecule has 1 aromatic heterocycles. The zero-order valence-corrected chi connectivity index (χ0v) is 17.5. The Labute approximate surface area is 167 Å². The van der Waals surface area contributed by atoms with Crippen LogP contribution in [0.1, 0.15) is 24.1 Å². The number of carbonyl (C=O) groups excluding carboxylic acids is 1. The number of likely N-dealkylation sites (N-methyl/N-ethyl adjacent to an activating group) is 1. The summed E-state index contributed by atoms with van der Waals surface area (Å²) in [4.78, 5) is 22.3. The SMILES string of the molecule is CN=C(NCc1ncccc1C)NC1CCN(CC(=O)NC)CC1.I. The van der Waals surface area contributed by atoms with Gasteiger partial charge in [-0.2, -0.15) is 0 Å². The molecule has 2 rings (SSSR count). The number of aliphatic imine (C=N–C) groups is 1. The lowest BCUT2D eigenvalue weighted by molar-refractivity contribution is -0.122. The molecule has 0 radical (unpaired) electrons. The predicted molar refractivity (Wildman–Crippen MR) is 111 cm³/mol. The molecule has 3 N–H and O–H groups in total. The van der Waals surface area contributed by atoms with Crippen molar-refractivity contribution < 1.29 is 4.79 Å². The van der Waals surface area contributed by atoms with Crippen LogP contribution in [0.2, 0.25) is 0 Å². The number of carbonyl (C=O) groups is 1. The first-order valence-electron chi connectivity index (χ1n) is 8.43. The molecule has 140 valence electrons. The molecule has 2 heterocycles. The van der Waals surface area contributed by atoms with E-state index in [0.717, 1.165) is 37.6 Å². The van der Waals surface area contributed by atoms with Gasteiger partial charge in [0, 0.05) is 39.4 Å². The molecule has 8 heteroatoms. The van der Waals surface area contributed by atoms with Crippen molar-refractivity contribution in [3.8, 4) is 0 Å². The third-order valence-electron chi connectivity index (χ3n) is 4.34. The van der Waals surface area contributed by atoms with Gasteiger partial charge in [0.25, 0.3) is 0 Å². The number of likely N-dealkylation sites (tertiary alicyclic amines) is 1. The molecule has 1 saturated heterocycles. The summed E-state index contributed by atoms with van der Waals surface area (Å²) < 4.78 is 0. The number of amides is 1. The van der Waals surface area contributed by atoms with Crippen molar-refractivity contribution >= 4 is 35.8 Å². The van der Waals surface area contributed by atoms with Crippen molar-refractivity contribution in [3.63, 3.8) is 0 Å². The summed E-state index contributed by atoms with van der Waals surface area (Å²) in [6.45, 7) is 5.03. The number of hydrogen-bond acceptors (Lipinski definition) is 4. The van der Waals surface area contributed by atoms with Gasteiger partial charge in [-0.1, -0.05) is 6.07 Å². The van der Waals surface area contributed by atoms with Crippen LogP contribution in [0, 0.1) is 6.92 Å². The van der Waals surface area contributed by atoms with Crippen molar-refractivity contribution in [1.29, 1.82) is 0 Å². The van der Waals surface area contributed by atoms with Gasteiger partial charge in [0.2, 0.25) is 5.91 Å². The molecule has 0 atom stereocenters. The van der Waals surface area contributed by atoms with E-state index in [2.05, 4.69) is 43.8 Å². The lowest BCUT2D eigenvalue weighted by Crippen LogP contribution is -2.49. The van der Waals surface area contributed by atoms with E-state index in [1.165, 1.54) is 5.56 Å². The number of aryl methyl sites for hydroxylation is 1. The van der Waals surface area contributed by atoms with E-state index in [1.807, 2.05) is 12.3 Å². The summed E-state index contributed by atoms with van der Waals surface area (Å²) in [6.07, 6.45) is 3.81. The molecule has 0 aromatic carbocycles. The number of rotatable bonds is 5. The molecule has 1 fully saturated rings. The topological polar surface area (TPSA) is 81.7 Å². The fourth-order valence-corrected chi connectivity index (χ4v) is 2.78. The first-order chi connectivity index (χ1) is 11.6. The number of aromatic nitrogens is 1. The minimum atomic E-state index is 0. The number of nitrogens with zero attached hydrogens (tertiary/aromatic N) is 3. The molecule has 1 amide bonds. The van der Waals surface area contributed by atoms with Crippen molar-refractivity contribution in [1.82, 2.24) is 25.8 Å². The van der Waals surface area contributed by atoms with Gasteiger partial charge in [-0.15, -0.1) is 24.0 Å². The van der Waals surface area contributed by atoms with E-state index >= 15 is 0 Å². The first kappa shape index (κ1) is 21.6. The highest BCUT2D eigenvalue weighted by Crippen LogP contribution is 2.10. The van der Waals surface area contributed by atoms with Crippen molar-refractivity contribution in [2.24, 2.45) is 4.99 Å². The van der Waals surface area contributed by atoms with Gasteiger partial charge in [-0.05, 0) is 31.4 Å². The largest absolute Gasteiger partial charge is 0.358 e. The molecule has 0 spiro atoms. The Bertz CT molecular complexity index is 572. The van der Waals surface area contributed by atoms with Crippen LogP contribution in [0.25, 0.3) is 0 Å². The maximum Gasteiger partial charge on any atom is 0.233 e. The van der Waals surface area contributed by atoms with Gasteiger partial charge in [0.1, 0.15) is 0 Å². The van der Waals surface area contributed by atoms with Crippen LogP contribution in [0.4, 0.5) is 0 Å². The second-order valence-electron chi connectivity index (χ2n) is 6.06. The van der Waals surface area contributed by atoms with Gasteiger partial charge >= 0.3 is 0 Å². The first-order valence-corrected chi connectivity index (χ1v) is 8.43. The van der Waals surface area contributed by atoms with E-state index in [1.54, 1.807) is 14.1 Å². The summed E-state index contributed by atoms with van der Waals surface area (Å²) >= 11 is 0. The van der Waals surface area contributed by atoms with Crippen molar-refractivity contribution in [2.75, 3.05) is 33.7 Å². The number of hydrogen-bond donors (Lipinski definition) is 3. The monoisotopic (exact) mass is 460 g/mol. The lowest BCUT2D eigenvalue weighted by Gasteiger charge is -2.32. The van der Waals surface area contributed by atoms with Gasteiger partial charge in [0.15, 0.2) is 5.96 Å². The summed E-state index contributed by atoms with van der Waals surface area (Å²) in [5, 5.41) is 9.46. The molecular formula is C17H29IN6O. The highest BCUT2D eigenvalue weighted by Gasteiger charge is 2.21. The standard InChI is InChI=1S/C17H28N6O.HI/c1-13-5-4-8-20-15(13)11-21-17(19-3)22-14-6-9-23(10-7-14)12-16(24)18-2;/h4-5,8,14H,6-7,9-12H2,1-3H3,(H,18,24)(H2,19,21,22);1H. The fourth-order valence-electron chi connectivity index (χ4n) is 2.78. The van der Waals surface area contributed by atoms with Gasteiger partial charge in [-0.25, -0.2) is 0 Å². The van der Waals surface area contributed by atoms with Crippen LogP contribution in [-0.2, 0) is 11.3 Å². The molecule has 1 aliphatic rings. The Morgan fingerprint density at radius 3 is 2.72 bits per heavy atom. The molecule has 1 aliphatic heterocycles. The second-order valence-corrected chi connectivity index (χ2v) is 6.06. The second kappa shape index (κ2) is 11.2. The van der Waals surface area contributed by atoms with E-state index in [9.17, 15) is 4.79 Å². The molecule has 0 aliphatic carbocycles. The van der Waals surface area contributed by atoms with E-state index < -0.39 is 0 Å². The van der Waals surface area contributed by atoms with Crippen LogP contribution >= 0.6 is 24.0 Å².